The topological polar surface area (TPSA) is 66.4 Å². The Hall–Kier alpha value is -2.51. The zero-order valence-corrected chi connectivity index (χ0v) is 14.4. The predicted octanol–water partition coefficient (Wildman–Crippen LogP) is 2.14. The summed E-state index contributed by atoms with van der Waals surface area (Å²) in [5.74, 6) is 0.643. The summed E-state index contributed by atoms with van der Waals surface area (Å²) in [6.07, 6.45) is 3.39. The van der Waals surface area contributed by atoms with Crippen LogP contribution >= 0.6 is 0 Å². The minimum atomic E-state index is -3.53. The highest BCUT2D eigenvalue weighted by atomic mass is 32.2. The number of nitrogens with zero attached hydrogens (tertiary/aromatic N) is 4. The number of piperazine rings is 1. The van der Waals surface area contributed by atoms with Gasteiger partial charge in [0.15, 0.2) is 0 Å². The molecule has 3 aromatic rings. The molecule has 0 aliphatic carbocycles. The van der Waals surface area contributed by atoms with Crippen LogP contribution in [0.4, 0.5) is 5.95 Å². The molecule has 0 N–H and O–H groups in total. The molecule has 1 aliphatic rings. The number of rotatable bonds is 3. The Labute approximate surface area is 146 Å². The van der Waals surface area contributed by atoms with Gasteiger partial charge in [0.1, 0.15) is 0 Å². The van der Waals surface area contributed by atoms with Gasteiger partial charge in [-0.25, -0.2) is 18.4 Å². The molecule has 0 unspecified atom stereocenters. The van der Waals surface area contributed by atoms with E-state index in [4.69, 9.17) is 0 Å². The number of hydrogen-bond acceptors (Lipinski definition) is 5. The van der Waals surface area contributed by atoms with Crippen molar-refractivity contribution in [2.75, 3.05) is 31.1 Å². The van der Waals surface area contributed by atoms with Gasteiger partial charge in [0.2, 0.25) is 16.0 Å². The third-order valence-corrected chi connectivity index (χ3v) is 6.40. The number of anilines is 1. The Balaban J connectivity index is 1.60. The second kappa shape index (κ2) is 6.42. The Morgan fingerprint density at radius 1 is 0.800 bits per heavy atom. The van der Waals surface area contributed by atoms with Crippen molar-refractivity contribution < 1.29 is 8.42 Å². The van der Waals surface area contributed by atoms with Gasteiger partial charge >= 0.3 is 0 Å². The predicted molar refractivity (Wildman–Crippen MR) is 97.0 cm³/mol. The summed E-state index contributed by atoms with van der Waals surface area (Å²) in [5.41, 5.74) is 0. The van der Waals surface area contributed by atoms with Crippen molar-refractivity contribution in [3.8, 4) is 0 Å². The molecule has 1 aliphatic heterocycles. The van der Waals surface area contributed by atoms with Gasteiger partial charge in [-0.15, -0.1) is 0 Å². The molecule has 7 heteroatoms. The van der Waals surface area contributed by atoms with Crippen LogP contribution in [0.2, 0.25) is 0 Å². The van der Waals surface area contributed by atoms with Crippen LogP contribution in [0.25, 0.3) is 10.8 Å². The molecular weight excluding hydrogens is 336 g/mol. The van der Waals surface area contributed by atoms with Gasteiger partial charge in [-0.3, -0.25) is 0 Å². The lowest BCUT2D eigenvalue weighted by Crippen LogP contribution is -2.49. The molecule has 2 heterocycles. The first-order valence-electron chi connectivity index (χ1n) is 8.16. The minimum Gasteiger partial charge on any atom is -0.338 e. The average Bonchev–Trinajstić information content (AvgIpc) is 2.68. The van der Waals surface area contributed by atoms with Crippen LogP contribution in [0.1, 0.15) is 0 Å². The highest BCUT2D eigenvalue weighted by molar-refractivity contribution is 7.89. The Morgan fingerprint density at radius 3 is 2.24 bits per heavy atom. The lowest BCUT2D eigenvalue weighted by Gasteiger charge is -2.34. The smallest absolute Gasteiger partial charge is 0.243 e. The van der Waals surface area contributed by atoms with Gasteiger partial charge in [-0.05, 0) is 17.5 Å². The van der Waals surface area contributed by atoms with Crippen LogP contribution in [0.5, 0.6) is 0 Å². The molecule has 2 aromatic carbocycles. The van der Waals surface area contributed by atoms with E-state index < -0.39 is 10.0 Å². The fourth-order valence-corrected chi connectivity index (χ4v) is 4.78. The first kappa shape index (κ1) is 16.0. The lowest BCUT2D eigenvalue weighted by atomic mass is 10.1. The van der Waals surface area contributed by atoms with Gasteiger partial charge in [0.25, 0.3) is 0 Å². The average molecular weight is 354 g/mol. The standard InChI is InChI=1S/C18H18N4O2S/c23-25(24,17-8-3-6-15-5-1-2-7-16(15)17)22-13-11-21(12-14-22)18-19-9-4-10-20-18/h1-10H,11-14H2. The largest absolute Gasteiger partial charge is 0.338 e. The molecule has 0 saturated carbocycles. The van der Waals surface area contributed by atoms with Crippen LogP contribution in [0, 0.1) is 0 Å². The summed E-state index contributed by atoms with van der Waals surface area (Å²) in [4.78, 5) is 10.9. The molecule has 4 rings (SSSR count). The van der Waals surface area contributed by atoms with Crippen molar-refractivity contribution in [1.82, 2.24) is 14.3 Å². The molecule has 0 atom stereocenters. The molecular formula is C18H18N4O2S. The summed E-state index contributed by atoms with van der Waals surface area (Å²) in [7, 11) is -3.53. The van der Waals surface area contributed by atoms with Gasteiger partial charge in [0, 0.05) is 44.0 Å². The quantitative estimate of drug-likeness (QED) is 0.721. The van der Waals surface area contributed by atoms with Crippen molar-refractivity contribution in [2.45, 2.75) is 4.90 Å². The number of benzene rings is 2. The third-order valence-electron chi connectivity index (χ3n) is 4.44. The van der Waals surface area contributed by atoms with Gasteiger partial charge in [0.05, 0.1) is 4.90 Å². The van der Waals surface area contributed by atoms with Crippen molar-refractivity contribution in [3.05, 3.63) is 60.9 Å². The van der Waals surface area contributed by atoms with E-state index in [1.165, 1.54) is 0 Å². The van der Waals surface area contributed by atoms with E-state index in [9.17, 15) is 8.42 Å². The van der Waals surface area contributed by atoms with E-state index in [1.54, 1.807) is 34.9 Å². The van der Waals surface area contributed by atoms with Crippen LogP contribution in [0.3, 0.4) is 0 Å². The van der Waals surface area contributed by atoms with Crippen LogP contribution in [0.15, 0.2) is 65.8 Å². The van der Waals surface area contributed by atoms with E-state index in [0.717, 1.165) is 10.8 Å². The molecule has 1 saturated heterocycles. The molecule has 0 amide bonds. The Bertz CT molecular complexity index is 979. The van der Waals surface area contributed by atoms with E-state index in [0.29, 0.717) is 37.0 Å². The van der Waals surface area contributed by atoms with Crippen LogP contribution < -0.4 is 4.90 Å². The Morgan fingerprint density at radius 2 is 1.48 bits per heavy atom. The molecule has 128 valence electrons. The van der Waals surface area contributed by atoms with Crippen molar-refractivity contribution in [2.24, 2.45) is 0 Å². The highest BCUT2D eigenvalue weighted by Gasteiger charge is 2.30. The SMILES string of the molecule is O=S(=O)(c1cccc2ccccc12)N1CCN(c2ncccn2)CC1. The fraction of sp³-hybridized carbons (Fsp3) is 0.222. The summed E-state index contributed by atoms with van der Waals surface area (Å²) < 4.78 is 27.8. The van der Waals surface area contributed by atoms with E-state index in [1.807, 2.05) is 35.2 Å². The fourth-order valence-electron chi connectivity index (χ4n) is 3.14. The first-order chi connectivity index (χ1) is 12.2. The normalized spacial score (nSPS) is 16.2. The molecule has 6 nitrogen and oxygen atoms in total. The second-order valence-corrected chi connectivity index (χ2v) is 7.82. The summed E-state index contributed by atoms with van der Waals surface area (Å²) >= 11 is 0. The van der Waals surface area contributed by atoms with Gasteiger partial charge in [-0.1, -0.05) is 36.4 Å². The van der Waals surface area contributed by atoms with Crippen LogP contribution in [-0.2, 0) is 10.0 Å². The van der Waals surface area contributed by atoms with Gasteiger partial charge in [-0.2, -0.15) is 4.31 Å². The molecule has 0 bridgehead atoms. The molecule has 1 fully saturated rings. The molecule has 0 spiro atoms. The van der Waals surface area contributed by atoms with E-state index in [-0.39, 0.29) is 0 Å². The summed E-state index contributed by atoms with van der Waals surface area (Å²) in [6, 6.07) is 14.7. The zero-order chi connectivity index (χ0) is 17.3. The zero-order valence-electron chi connectivity index (χ0n) is 13.6. The minimum absolute atomic E-state index is 0.370. The maximum Gasteiger partial charge on any atom is 0.243 e. The molecule has 1 aromatic heterocycles. The molecule has 25 heavy (non-hydrogen) atoms. The first-order valence-corrected chi connectivity index (χ1v) is 9.60. The number of fused-ring (bicyclic) bond motifs is 1. The maximum absolute atomic E-state index is 13.1. The molecule has 0 radical (unpaired) electrons. The monoisotopic (exact) mass is 354 g/mol. The third kappa shape index (κ3) is 2.96. The van der Waals surface area contributed by atoms with E-state index >= 15 is 0 Å². The maximum atomic E-state index is 13.1. The summed E-state index contributed by atoms with van der Waals surface area (Å²) in [6.45, 7) is 2.00. The number of hydrogen-bond donors (Lipinski definition) is 0. The highest BCUT2D eigenvalue weighted by Crippen LogP contribution is 2.26. The van der Waals surface area contributed by atoms with Crippen LogP contribution in [-0.4, -0.2) is 48.9 Å². The second-order valence-electron chi connectivity index (χ2n) is 5.92. The lowest BCUT2D eigenvalue weighted by molar-refractivity contribution is 0.383. The van der Waals surface area contributed by atoms with E-state index in [2.05, 4.69) is 9.97 Å². The number of sulfonamides is 1. The summed E-state index contributed by atoms with van der Waals surface area (Å²) in [5, 5.41) is 1.69. The van der Waals surface area contributed by atoms with Crippen molar-refractivity contribution >= 4 is 26.7 Å². The Kier molecular flexibility index (Phi) is 4.10. The van der Waals surface area contributed by atoms with Gasteiger partial charge < -0.3 is 4.90 Å². The van der Waals surface area contributed by atoms with Crippen molar-refractivity contribution in [3.63, 3.8) is 0 Å². The van der Waals surface area contributed by atoms with Crippen molar-refractivity contribution in [1.29, 1.82) is 0 Å². The number of aromatic nitrogens is 2.